The van der Waals surface area contributed by atoms with Crippen molar-refractivity contribution in [2.45, 2.75) is 39.3 Å². The minimum Gasteiger partial charge on any atom is -0.466 e. The van der Waals surface area contributed by atoms with Gasteiger partial charge in [-0.05, 0) is 26.7 Å². The van der Waals surface area contributed by atoms with Crippen LogP contribution in [0.15, 0.2) is 13.6 Å². The highest BCUT2D eigenvalue weighted by atomic mass is 16.6. The predicted octanol–water partition coefficient (Wildman–Crippen LogP) is 0.989. The van der Waals surface area contributed by atoms with Crippen LogP contribution in [0.5, 0.6) is 0 Å². The number of carbonyl (C=O) groups excluding carboxylic acids is 1. The monoisotopic (exact) mass is 299 g/mol. The molecule has 0 unspecified atom stereocenters. The van der Waals surface area contributed by atoms with Gasteiger partial charge in [0.2, 0.25) is 0 Å². The molecule has 2 atom stereocenters. The maximum atomic E-state index is 12.0. The fraction of sp³-hybridized carbons (Fsp3) is 0.714. The van der Waals surface area contributed by atoms with E-state index >= 15 is 0 Å². The molecule has 0 spiro atoms. The Kier molecular flexibility index (Phi) is 5.58. The number of hydrogen-bond acceptors (Lipinski definition) is 7. The molecule has 1 aliphatic heterocycles. The van der Waals surface area contributed by atoms with Crippen LogP contribution in [0.25, 0.3) is 0 Å². The Bertz CT molecular complexity index is 520. The quantitative estimate of drug-likeness (QED) is 0.811. The van der Waals surface area contributed by atoms with Gasteiger partial charge in [0.1, 0.15) is 5.76 Å². The second-order valence-electron chi connectivity index (χ2n) is 4.97. The Labute approximate surface area is 122 Å². The van der Waals surface area contributed by atoms with E-state index in [1.807, 2.05) is 0 Å². The van der Waals surface area contributed by atoms with E-state index in [-0.39, 0.29) is 17.9 Å². The molecule has 0 amide bonds. The third-order valence-corrected chi connectivity index (χ3v) is 3.58. The molecule has 0 radical (unpaired) electrons. The molecule has 1 fully saturated rings. The third-order valence-electron chi connectivity index (χ3n) is 3.58. The van der Waals surface area contributed by atoms with Crippen molar-refractivity contribution in [3.05, 3.63) is 22.1 Å². The lowest BCUT2D eigenvalue weighted by Gasteiger charge is -2.23. The molecular weight excluding hydrogens is 278 g/mol. The van der Waals surface area contributed by atoms with Crippen molar-refractivity contribution in [2.24, 2.45) is 5.92 Å². The Morgan fingerprint density at radius 2 is 2.10 bits per heavy atom. The van der Waals surface area contributed by atoms with Crippen LogP contribution in [-0.2, 0) is 20.8 Å². The normalized spacial score (nSPS) is 22.8. The first-order valence-electron chi connectivity index (χ1n) is 7.19. The van der Waals surface area contributed by atoms with Gasteiger partial charge in [-0.3, -0.25) is 4.79 Å². The summed E-state index contributed by atoms with van der Waals surface area (Å²) in [7, 11) is 0. The summed E-state index contributed by atoms with van der Waals surface area (Å²) in [6.07, 6.45) is 1.31. The first kappa shape index (κ1) is 15.8. The molecular formula is C14H21NO6. The van der Waals surface area contributed by atoms with Gasteiger partial charge in [0.15, 0.2) is 5.76 Å². The van der Waals surface area contributed by atoms with E-state index in [1.165, 1.54) is 0 Å². The zero-order valence-electron chi connectivity index (χ0n) is 12.3. The maximum absolute atomic E-state index is 12.0. The van der Waals surface area contributed by atoms with Crippen LogP contribution in [0.1, 0.15) is 31.3 Å². The van der Waals surface area contributed by atoms with Crippen LogP contribution in [0.4, 0.5) is 0 Å². The van der Waals surface area contributed by atoms with E-state index in [0.717, 1.165) is 0 Å². The largest absolute Gasteiger partial charge is 0.519 e. The molecule has 7 heteroatoms. The van der Waals surface area contributed by atoms with Crippen molar-refractivity contribution in [3.8, 4) is 0 Å². The summed E-state index contributed by atoms with van der Waals surface area (Å²) in [6.45, 7) is 5.28. The highest BCUT2D eigenvalue weighted by molar-refractivity contribution is 5.73. The van der Waals surface area contributed by atoms with E-state index in [0.29, 0.717) is 50.7 Å². The van der Waals surface area contributed by atoms with Gasteiger partial charge in [-0.15, -0.1) is 0 Å². The molecule has 0 saturated carbocycles. The van der Waals surface area contributed by atoms with E-state index in [9.17, 15) is 9.59 Å². The molecule has 7 nitrogen and oxygen atoms in total. The second-order valence-corrected chi connectivity index (χ2v) is 4.97. The van der Waals surface area contributed by atoms with Gasteiger partial charge in [0, 0.05) is 19.3 Å². The van der Waals surface area contributed by atoms with Gasteiger partial charge >= 0.3 is 11.8 Å². The zero-order chi connectivity index (χ0) is 15.2. The molecule has 0 bridgehead atoms. The highest BCUT2D eigenvalue weighted by Gasteiger charge is 2.31. The number of esters is 1. The van der Waals surface area contributed by atoms with E-state index in [1.54, 1.807) is 13.8 Å². The number of aryl methyl sites for hydroxylation is 1. The summed E-state index contributed by atoms with van der Waals surface area (Å²) in [5.41, 5.74) is 0. The van der Waals surface area contributed by atoms with Gasteiger partial charge < -0.3 is 23.6 Å². The SMILES string of the molecule is CCOC(=O)[C@@H]1CCOCC[C@H]1NCc1oc(=O)oc1C. The molecule has 1 aromatic rings. The lowest BCUT2D eigenvalue weighted by atomic mass is 9.95. The van der Waals surface area contributed by atoms with E-state index in [2.05, 4.69) is 5.32 Å². The number of carbonyl (C=O) groups is 1. The van der Waals surface area contributed by atoms with Crippen LogP contribution in [0.3, 0.4) is 0 Å². The Morgan fingerprint density at radius 3 is 2.76 bits per heavy atom. The summed E-state index contributed by atoms with van der Waals surface area (Å²) in [5, 5.41) is 3.25. The number of nitrogens with one attached hydrogen (secondary N) is 1. The molecule has 118 valence electrons. The zero-order valence-corrected chi connectivity index (χ0v) is 12.3. The minimum absolute atomic E-state index is 0.0776. The first-order chi connectivity index (χ1) is 10.1. The number of rotatable bonds is 5. The van der Waals surface area contributed by atoms with Gasteiger partial charge in [-0.1, -0.05) is 0 Å². The standard InChI is InChI=1S/C14H21NO6/c1-3-19-13(16)10-4-6-18-7-5-11(10)15-8-12-9(2)20-14(17)21-12/h10-11,15H,3-8H2,1-2H3/t10-,11-/m1/s1. The molecule has 2 heterocycles. The highest BCUT2D eigenvalue weighted by Crippen LogP contribution is 2.19. The van der Waals surface area contributed by atoms with Crippen molar-refractivity contribution >= 4 is 5.97 Å². The third kappa shape index (κ3) is 4.18. The van der Waals surface area contributed by atoms with Crippen molar-refractivity contribution in [3.63, 3.8) is 0 Å². The van der Waals surface area contributed by atoms with Gasteiger partial charge in [-0.2, -0.15) is 0 Å². The molecule has 0 aromatic carbocycles. The van der Waals surface area contributed by atoms with E-state index < -0.39 is 5.82 Å². The van der Waals surface area contributed by atoms with Crippen molar-refractivity contribution in [1.82, 2.24) is 5.32 Å². The number of ether oxygens (including phenoxy) is 2. The maximum Gasteiger partial charge on any atom is 0.519 e. The summed E-state index contributed by atoms with van der Waals surface area (Å²) in [6, 6.07) is -0.0776. The Balaban J connectivity index is 2.01. The van der Waals surface area contributed by atoms with Crippen LogP contribution < -0.4 is 11.1 Å². The first-order valence-corrected chi connectivity index (χ1v) is 7.19. The molecule has 0 aliphatic carbocycles. The summed E-state index contributed by atoms with van der Waals surface area (Å²) < 4.78 is 20.3. The van der Waals surface area contributed by atoms with Gasteiger partial charge in [-0.25, -0.2) is 4.79 Å². The molecule has 1 saturated heterocycles. The van der Waals surface area contributed by atoms with Crippen LogP contribution in [-0.4, -0.2) is 31.8 Å². The van der Waals surface area contributed by atoms with E-state index in [4.69, 9.17) is 18.3 Å². The average Bonchev–Trinajstić information content (AvgIpc) is 2.65. The fourth-order valence-electron chi connectivity index (χ4n) is 2.46. The molecule has 1 aromatic heterocycles. The molecule has 2 rings (SSSR count). The minimum atomic E-state index is -0.713. The van der Waals surface area contributed by atoms with Crippen molar-refractivity contribution in [2.75, 3.05) is 19.8 Å². The molecule has 1 N–H and O–H groups in total. The summed E-state index contributed by atoms with van der Waals surface area (Å²) in [4.78, 5) is 23.1. The second kappa shape index (κ2) is 7.42. The lowest BCUT2D eigenvalue weighted by Crippen LogP contribution is -2.40. The molecule has 21 heavy (non-hydrogen) atoms. The summed E-state index contributed by atoms with van der Waals surface area (Å²) in [5.74, 6) is -0.287. The van der Waals surface area contributed by atoms with Crippen LogP contribution in [0, 0.1) is 12.8 Å². The molecule has 1 aliphatic rings. The summed E-state index contributed by atoms with van der Waals surface area (Å²) >= 11 is 0. The van der Waals surface area contributed by atoms with Crippen molar-refractivity contribution < 1.29 is 23.1 Å². The van der Waals surface area contributed by atoms with Crippen LogP contribution >= 0.6 is 0 Å². The average molecular weight is 299 g/mol. The van der Waals surface area contributed by atoms with Crippen molar-refractivity contribution in [1.29, 1.82) is 0 Å². The number of hydrogen-bond donors (Lipinski definition) is 1. The smallest absolute Gasteiger partial charge is 0.466 e. The fourth-order valence-corrected chi connectivity index (χ4v) is 2.46. The predicted molar refractivity (Wildman–Crippen MR) is 72.8 cm³/mol. The van der Waals surface area contributed by atoms with Gasteiger partial charge in [0.05, 0.1) is 19.1 Å². The topological polar surface area (TPSA) is 90.9 Å². The Morgan fingerprint density at radius 1 is 1.33 bits per heavy atom. The Hall–Kier alpha value is -1.60. The lowest BCUT2D eigenvalue weighted by molar-refractivity contribution is -0.149. The van der Waals surface area contributed by atoms with Gasteiger partial charge in [0.25, 0.3) is 0 Å². The van der Waals surface area contributed by atoms with Crippen LogP contribution in [0.2, 0.25) is 0 Å².